The van der Waals surface area contributed by atoms with Crippen LogP contribution in [0.5, 0.6) is 0 Å². The molecule has 1 aliphatic carbocycles. The third-order valence-electron chi connectivity index (χ3n) is 4.77. The second-order valence-electron chi connectivity index (χ2n) is 6.93. The van der Waals surface area contributed by atoms with Crippen molar-refractivity contribution in [2.45, 2.75) is 83.3 Å². The second kappa shape index (κ2) is 6.67. The molecule has 2 heterocycles. The highest BCUT2D eigenvalue weighted by Crippen LogP contribution is 2.20. The Labute approximate surface area is 132 Å². The monoisotopic (exact) mass is 305 g/mol. The van der Waals surface area contributed by atoms with E-state index in [1.165, 1.54) is 19.3 Å². The maximum absolute atomic E-state index is 12.2. The largest absolute Gasteiger partial charge is 0.335 e. The zero-order valence-corrected chi connectivity index (χ0v) is 13.6. The average molecular weight is 305 g/mol. The van der Waals surface area contributed by atoms with Crippen molar-refractivity contribution in [1.82, 2.24) is 25.4 Å². The Morgan fingerprint density at radius 3 is 2.55 bits per heavy atom. The van der Waals surface area contributed by atoms with E-state index in [1.807, 2.05) is 0 Å². The van der Waals surface area contributed by atoms with Gasteiger partial charge in [-0.1, -0.05) is 33.1 Å². The molecule has 1 atom stereocenters. The molecule has 1 unspecified atom stereocenters. The predicted molar refractivity (Wildman–Crippen MR) is 84.8 cm³/mol. The highest BCUT2D eigenvalue weighted by atomic mass is 16.2. The minimum Gasteiger partial charge on any atom is -0.335 e. The van der Waals surface area contributed by atoms with Crippen LogP contribution >= 0.6 is 0 Å². The summed E-state index contributed by atoms with van der Waals surface area (Å²) >= 11 is 0. The van der Waals surface area contributed by atoms with Gasteiger partial charge in [-0.15, -0.1) is 10.2 Å². The molecule has 3 rings (SSSR count). The highest BCUT2D eigenvalue weighted by Gasteiger charge is 2.25. The summed E-state index contributed by atoms with van der Waals surface area (Å²) in [5, 5.41) is 14.8. The third-order valence-corrected chi connectivity index (χ3v) is 4.77. The maximum Gasteiger partial charge on any atom is 0.315 e. The fourth-order valence-electron chi connectivity index (χ4n) is 3.55. The average Bonchev–Trinajstić information content (AvgIpc) is 2.91. The van der Waals surface area contributed by atoms with Gasteiger partial charge in [-0.3, -0.25) is 0 Å². The van der Waals surface area contributed by atoms with E-state index in [0.717, 1.165) is 43.9 Å². The van der Waals surface area contributed by atoms with Crippen LogP contribution in [0.25, 0.3) is 0 Å². The highest BCUT2D eigenvalue weighted by molar-refractivity contribution is 5.74. The molecule has 2 N–H and O–H groups in total. The Morgan fingerprint density at radius 1 is 1.09 bits per heavy atom. The molecular formula is C16H27N5O. The molecule has 1 aromatic heterocycles. The number of rotatable bonds is 3. The summed E-state index contributed by atoms with van der Waals surface area (Å²) < 4.78 is 2.18. The molecule has 1 aliphatic heterocycles. The van der Waals surface area contributed by atoms with Gasteiger partial charge in [-0.05, 0) is 19.3 Å². The third kappa shape index (κ3) is 3.42. The van der Waals surface area contributed by atoms with Crippen molar-refractivity contribution >= 4 is 6.03 Å². The fraction of sp³-hybridized carbons (Fsp3) is 0.812. The maximum atomic E-state index is 12.2. The van der Waals surface area contributed by atoms with Crippen LogP contribution in [0.2, 0.25) is 0 Å². The molecule has 6 heteroatoms. The molecule has 122 valence electrons. The zero-order chi connectivity index (χ0) is 15.5. The molecule has 1 saturated carbocycles. The Hall–Kier alpha value is -1.59. The van der Waals surface area contributed by atoms with Crippen LogP contribution in [0.4, 0.5) is 4.79 Å². The van der Waals surface area contributed by atoms with Gasteiger partial charge in [0.1, 0.15) is 11.6 Å². The lowest BCUT2D eigenvalue weighted by molar-refractivity contribution is 0.224. The van der Waals surface area contributed by atoms with Gasteiger partial charge in [0.25, 0.3) is 0 Å². The minimum atomic E-state index is -0.0143. The van der Waals surface area contributed by atoms with E-state index in [4.69, 9.17) is 0 Å². The molecule has 6 nitrogen and oxygen atoms in total. The summed E-state index contributed by atoms with van der Waals surface area (Å²) in [5.41, 5.74) is 0. The van der Waals surface area contributed by atoms with Crippen LogP contribution in [0.1, 0.15) is 69.9 Å². The number of hydrogen-bond donors (Lipinski definition) is 2. The molecule has 22 heavy (non-hydrogen) atoms. The van der Waals surface area contributed by atoms with Gasteiger partial charge < -0.3 is 15.2 Å². The lowest BCUT2D eigenvalue weighted by atomic mass is 9.96. The predicted octanol–water partition coefficient (Wildman–Crippen LogP) is 2.35. The lowest BCUT2D eigenvalue weighted by Gasteiger charge is -2.28. The summed E-state index contributed by atoms with van der Waals surface area (Å²) in [7, 11) is 0. The van der Waals surface area contributed by atoms with E-state index >= 15 is 0 Å². The molecular weight excluding hydrogens is 278 g/mol. The molecule has 1 aromatic rings. The first-order valence-electron chi connectivity index (χ1n) is 8.62. The fourth-order valence-corrected chi connectivity index (χ4v) is 3.55. The Bertz CT molecular complexity index is 519. The number of aromatic nitrogens is 3. The van der Waals surface area contributed by atoms with E-state index in [-0.39, 0.29) is 12.1 Å². The standard InChI is InChI=1S/C16H27N5O/c1-11(2)15-20-19-14-9-8-13(10-21(14)15)18-16(22)17-12-6-4-3-5-7-12/h11-13H,3-10H2,1-2H3,(H2,17,18,22). The lowest BCUT2D eigenvalue weighted by Crippen LogP contribution is -2.49. The second-order valence-corrected chi connectivity index (χ2v) is 6.93. The number of carbonyl (C=O) groups excluding carboxylic acids is 1. The number of nitrogens with one attached hydrogen (secondary N) is 2. The zero-order valence-electron chi connectivity index (χ0n) is 13.6. The number of aryl methyl sites for hydroxylation is 1. The molecule has 0 saturated heterocycles. The molecule has 2 amide bonds. The molecule has 1 fully saturated rings. The summed E-state index contributed by atoms with van der Waals surface area (Å²) in [6.45, 7) is 5.04. The normalized spacial score (nSPS) is 22.4. The van der Waals surface area contributed by atoms with E-state index in [0.29, 0.717) is 12.0 Å². The van der Waals surface area contributed by atoms with Gasteiger partial charge in [-0.25, -0.2) is 4.79 Å². The van der Waals surface area contributed by atoms with E-state index in [1.54, 1.807) is 0 Å². The van der Waals surface area contributed by atoms with Crippen molar-refractivity contribution < 1.29 is 4.79 Å². The number of amides is 2. The summed E-state index contributed by atoms with van der Waals surface area (Å²) in [5.74, 6) is 2.43. The summed E-state index contributed by atoms with van der Waals surface area (Å²) in [6, 6.07) is 0.512. The summed E-state index contributed by atoms with van der Waals surface area (Å²) in [4.78, 5) is 12.2. The molecule has 0 spiro atoms. The van der Waals surface area contributed by atoms with Gasteiger partial charge in [-0.2, -0.15) is 0 Å². The van der Waals surface area contributed by atoms with Crippen LogP contribution in [0.15, 0.2) is 0 Å². The first-order valence-corrected chi connectivity index (χ1v) is 8.62. The van der Waals surface area contributed by atoms with Crippen molar-refractivity contribution in [2.24, 2.45) is 0 Å². The molecule has 0 radical (unpaired) electrons. The minimum absolute atomic E-state index is 0.0143. The van der Waals surface area contributed by atoms with Crippen molar-refractivity contribution in [3.05, 3.63) is 11.6 Å². The Balaban J connectivity index is 1.55. The van der Waals surface area contributed by atoms with Gasteiger partial charge in [0.15, 0.2) is 0 Å². The van der Waals surface area contributed by atoms with Crippen molar-refractivity contribution in [2.75, 3.05) is 0 Å². The molecule has 0 bridgehead atoms. The number of urea groups is 1. The van der Waals surface area contributed by atoms with Crippen LogP contribution in [0, 0.1) is 0 Å². The van der Waals surface area contributed by atoms with Gasteiger partial charge in [0.2, 0.25) is 0 Å². The van der Waals surface area contributed by atoms with E-state index in [2.05, 4.69) is 39.2 Å². The van der Waals surface area contributed by atoms with Crippen LogP contribution in [-0.4, -0.2) is 32.9 Å². The van der Waals surface area contributed by atoms with Gasteiger partial charge >= 0.3 is 6.03 Å². The van der Waals surface area contributed by atoms with Gasteiger partial charge in [0, 0.05) is 31.0 Å². The van der Waals surface area contributed by atoms with Crippen molar-refractivity contribution in [1.29, 1.82) is 0 Å². The van der Waals surface area contributed by atoms with Crippen LogP contribution in [-0.2, 0) is 13.0 Å². The Morgan fingerprint density at radius 2 is 1.82 bits per heavy atom. The number of carbonyl (C=O) groups is 1. The van der Waals surface area contributed by atoms with Crippen LogP contribution < -0.4 is 10.6 Å². The Kier molecular flexibility index (Phi) is 4.64. The van der Waals surface area contributed by atoms with Crippen LogP contribution in [0.3, 0.4) is 0 Å². The SMILES string of the molecule is CC(C)c1nnc2n1CC(NC(=O)NC1CCCCC1)CC2. The topological polar surface area (TPSA) is 71.8 Å². The van der Waals surface area contributed by atoms with E-state index in [9.17, 15) is 4.79 Å². The van der Waals surface area contributed by atoms with Crippen molar-refractivity contribution in [3.63, 3.8) is 0 Å². The molecule has 2 aliphatic rings. The molecule has 0 aromatic carbocycles. The first kappa shape index (κ1) is 15.3. The summed E-state index contributed by atoms with van der Waals surface area (Å²) in [6.07, 6.45) is 7.82. The number of hydrogen-bond acceptors (Lipinski definition) is 3. The van der Waals surface area contributed by atoms with Gasteiger partial charge in [0.05, 0.1) is 0 Å². The number of fused-ring (bicyclic) bond motifs is 1. The smallest absolute Gasteiger partial charge is 0.315 e. The van der Waals surface area contributed by atoms with E-state index < -0.39 is 0 Å². The quantitative estimate of drug-likeness (QED) is 0.900. The number of nitrogens with zero attached hydrogens (tertiary/aromatic N) is 3. The first-order chi connectivity index (χ1) is 10.6. The van der Waals surface area contributed by atoms with Crippen molar-refractivity contribution in [3.8, 4) is 0 Å².